The topological polar surface area (TPSA) is 70.1 Å². The number of aromatic nitrogens is 2. The summed E-state index contributed by atoms with van der Waals surface area (Å²) in [5, 5.41) is 16.4. The van der Waals surface area contributed by atoms with Crippen molar-refractivity contribution in [1.82, 2.24) is 9.97 Å². The Balaban J connectivity index is 3.02. The van der Waals surface area contributed by atoms with Crippen LogP contribution in [0.15, 0.2) is 0 Å². The number of aliphatic hydroxyl groups excluding tert-OH is 1. The van der Waals surface area contributed by atoms with Crippen LogP contribution in [0.3, 0.4) is 0 Å². The highest BCUT2D eigenvalue weighted by Crippen LogP contribution is 2.26. The highest BCUT2D eigenvalue weighted by molar-refractivity contribution is 5.57. The molecule has 0 bridgehead atoms. The SMILES string of the molecule is CCCC(O)CNc1nc(C(C)(C)C)nc(NCC)c1C. The van der Waals surface area contributed by atoms with Gasteiger partial charge in [0.2, 0.25) is 0 Å². The molecule has 21 heavy (non-hydrogen) atoms. The minimum atomic E-state index is -0.343. The summed E-state index contributed by atoms with van der Waals surface area (Å²) < 4.78 is 0. The Labute approximate surface area is 128 Å². The zero-order chi connectivity index (χ0) is 16.0. The van der Waals surface area contributed by atoms with E-state index in [-0.39, 0.29) is 11.5 Å². The molecular formula is C16H30N4O. The fourth-order valence-corrected chi connectivity index (χ4v) is 2.01. The first-order valence-corrected chi connectivity index (χ1v) is 7.84. The van der Waals surface area contributed by atoms with Crippen molar-refractivity contribution in [1.29, 1.82) is 0 Å². The van der Waals surface area contributed by atoms with E-state index in [4.69, 9.17) is 0 Å². The van der Waals surface area contributed by atoms with E-state index in [1.54, 1.807) is 0 Å². The summed E-state index contributed by atoms with van der Waals surface area (Å²) in [6.45, 7) is 13.8. The molecule has 1 unspecified atom stereocenters. The van der Waals surface area contributed by atoms with Crippen LogP contribution in [0.4, 0.5) is 11.6 Å². The van der Waals surface area contributed by atoms with E-state index in [1.165, 1.54) is 0 Å². The zero-order valence-electron chi connectivity index (χ0n) is 14.2. The van der Waals surface area contributed by atoms with E-state index < -0.39 is 0 Å². The number of hydrogen-bond acceptors (Lipinski definition) is 5. The molecule has 0 aliphatic heterocycles. The van der Waals surface area contributed by atoms with Gasteiger partial charge in [-0.3, -0.25) is 0 Å². The third-order valence-electron chi connectivity index (χ3n) is 3.29. The van der Waals surface area contributed by atoms with Crippen molar-refractivity contribution in [2.75, 3.05) is 23.7 Å². The van der Waals surface area contributed by atoms with Crippen LogP contribution in [0.5, 0.6) is 0 Å². The van der Waals surface area contributed by atoms with E-state index in [9.17, 15) is 5.11 Å². The van der Waals surface area contributed by atoms with Gasteiger partial charge in [0.05, 0.1) is 6.10 Å². The minimum absolute atomic E-state index is 0.115. The highest BCUT2D eigenvalue weighted by Gasteiger charge is 2.21. The Morgan fingerprint density at radius 3 is 2.14 bits per heavy atom. The number of rotatable bonds is 7. The lowest BCUT2D eigenvalue weighted by Crippen LogP contribution is -2.23. The molecule has 0 aromatic carbocycles. The van der Waals surface area contributed by atoms with Gasteiger partial charge in [-0.2, -0.15) is 0 Å². The fourth-order valence-electron chi connectivity index (χ4n) is 2.01. The number of aliphatic hydroxyl groups is 1. The lowest BCUT2D eigenvalue weighted by molar-refractivity contribution is 0.176. The first-order chi connectivity index (χ1) is 9.79. The molecule has 5 nitrogen and oxygen atoms in total. The summed E-state index contributed by atoms with van der Waals surface area (Å²) in [4.78, 5) is 9.28. The van der Waals surface area contributed by atoms with Crippen molar-refractivity contribution in [2.45, 2.75) is 65.9 Å². The summed E-state index contributed by atoms with van der Waals surface area (Å²) in [7, 11) is 0. The lowest BCUT2D eigenvalue weighted by atomic mass is 9.95. The van der Waals surface area contributed by atoms with Gasteiger partial charge in [-0.15, -0.1) is 0 Å². The maximum atomic E-state index is 9.88. The number of nitrogens with zero attached hydrogens (tertiary/aromatic N) is 2. The fraction of sp³-hybridized carbons (Fsp3) is 0.750. The van der Waals surface area contributed by atoms with E-state index in [2.05, 4.69) is 55.2 Å². The third kappa shape index (κ3) is 5.16. The van der Waals surface area contributed by atoms with Gasteiger partial charge < -0.3 is 15.7 Å². The second-order valence-electron chi connectivity index (χ2n) is 6.47. The summed E-state index contributed by atoms with van der Waals surface area (Å²) in [6, 6.07) is 0. The van der Waals surface area contributed by atoms with Gasteiger partial charge in [0, 0.05) is 24.1 Å². The first kappa shape index (κ1) is 17.7. The van der Waals surface area contributed by atoms with Gasteiger partial charge in [0.25, 0.3) is 0 Å². The quantitative estimate of drug-likeness (QED) is 0.721. The normalized spacial score (nSPS) is 13.1. The Hall–Kier alpha value is -1.36. The summed E-state index contributed by atoms with van der Waals surface area (Å²) >= 11 is 0. The number of nitrogens with one attached hydrogen (secondary N) is 2. The van der Waals surface area contributed by atoms with Crippen molar-refractivity contribution >= 4 is 11.6 Å². The molecule has 0 saturated heterocycles. The van der Waals surface area contributed by atoms with Crippen LogP contribution in [0.25, 0.3) is 0 Å². The standard InChI is InChI=1S/C16H30N4O/c1-7-9-12(21)10-18-14-11(3)13(17-8-2)19-15(20-14)16(4,5)6/h12,21H,7-10H2,1-6H3,(H2,17,18,19,20). The third-order valence-corrected chi connectivity index (χ3v) is 3.29. The second-order valence-corrected chi connectivity index (χ2v) is 6.47. The molecule has 0 radical (unpaired) electrons. The van der Waals surface area contributed by atoms with Crippen LogP contribution in [-0.4, -0.2) is 34.3 Å². The van der Waals surface area contributed by atoms with Gasteiger partial charge in [0.1, 0.15) is 17.5 Å². The molecule has 120 valence electrons. The molecule has 0 aliphatic rings. The predicted octanol–water partition coefficient (Wildman–Crippen LogP) is 3.09. The van der Waals surface area contributed by atoms with Crippen molar-refractivity contribution in [3.8, 4) is 0 Å². The molecule has 1 atom stereocenters. The largest absolute Gasteiger partial charge is 0.391 e. The zero-order valence-corrected chi connectivity index (χ0v) is 14.2. The Morgan fingerprint density at radius 1 is 1.10 bits per heavy atom. The van der Waals surface area contributed by atoms with Crippen LogP contribution in [0, 0.1) is 6.92 Å². The van der Waals surface area contributed by atoms with E-state index in [0.29, 0.717) is 6.54 Å². The molecule has 0 spiro atoms. The predicted molar refractivity (Wildman–Crippen MR) is 89.0 cm³/mol. The van der Waals surface area contributed by atoms with Gasteiger partial charge in [-0.05, 0) is 20.3 Å². The maximum absolute atomic E-state index is 9.88. The van der Waals surface area contributed by atoms with Crippen LogP contribution in [-0.2, 0) is 5.41 Å². The minimum Gasteiger partial charge on any atom is -0.391 e. The average Bonchev–Trinajstić information content (AvgIpc) is 2.39. The molecule has 1 heterocycles. The van der Waals surface area contributed by atoms with Crippen LogP contribution in [0.2, 0.25) is 0 Å². The van der Waals surface area contributed by atoms with Crippen molar-refractivity contribution in [3.05, 3.63) is 11.4 Å². The van der Waals surface area contributed by atoms with Crippen molar-refractivity contribution in [2.24, 2.45) is 0 Å². The van der Waals surface area contributed by atoms with Crippen LogP contribution in [0.1, 0.15) is 58.8 Å². The van der Waals surface area contributed by atoms with Gasteiger partial charge >= 0.3 is 0 Å². The molecule has 3 N–H and O–H groups in total. The maximum Gasteiger partial charge on any atom is 0.138 e. The molecule has 0 amide bonds. The van der Waals surface area contributed by atoms with Gasteiger partial charge in [0.15, 0.2) is 0 Å². The van der Waals surface area contributed by atoms with Gasteiger partial charge in [-0.1, -0.05) is 34.1 Å². The molecule has 0 aliphatic carbocycles. The monoisotopic (exact) mass is 294 g/mol. The Bertz CT molecular complexity index is 454. The van der Waals surface area contributed by atoms with Crippen molar-refractivity contribution in [3.63, 3.8) is 0 Å². The average molecular weight is 294 g/mol. The van der Waals surface area contributed by atoms with E-state index in [1.807, 2.05) is 6.92 Å². The first-order valence-electron chi connectivity index (χ1n) is 7.84. The summed E-state index contributed by atoms with van der Waals surface area (Å²) in [6.07, 6.45) is 1.43. The smallest absolute Gasteiger partial charge is 0.138 e. The highest BCUT2D eigenvalue weighted by atomic mass is 16.3. The summed E-state index contributed by atoms with van der Waals surface area (Å²) in [5.41, 5.74) is 0.879. The van der Waals surface area contributed by atoms with Crippen molar-refractivity contribution < 1.29 is 5.11 Å². The molecule has 1 aromatic heterocycles. The van der Waals surface area contributed by atoms with Crippen LogP contribution >= 0.6 is 0 Å². The second kappa shape index (κ2) is 7.59. The Morgan fingerprint density at radius 2 is 1.67 bits per heavy atom. The summed E-state index contributed by atoms with van der Waals surface area (Å²) in [5.74, 6) is 2.47. The van der Waals surface area contributed by atoms with E-state index >= 15 is 0 Å². The molecule has 1 rings (SSSR count). The molecule has 0 fully saturated rings. The molecular weight excluding hydrogens is 264 g/mol. The molecule has 1 aromatic rings. The van der Waals surface area contributed by atoms with Gasteiger partial charge in [-0.25, -0.2) is 9.97 Å². The Kier molecular flexibility index (Phi) is 6.40. The van der Waals surface area contributed by atoms with Crippen LogP contribution < -0.4 is 10.6 Å². The lowest BCUT2D eigenvalue weighted by Gasteiger charge is -2.21. The number of hydrogen-bond donors (Lipinski definition) is 3. The van der Waals surface area contributed by atoms with E-state index in [0.717, 1.165) is 42.4 Å². The molecule has 0 saturated carbocycles. The molecule has 5 heteroatoms. The number of anilines is 2.